The fraction of sp³-hybridized carbons (Fsp3) is 0.208. The Morgan fingerprint density at radius 2 is 1.94 bits per heavy atom. The number of anilines is 1. The van der Waals surface area contributed by atoms with E-state index in [0.29, 0.717) is 23.6 Å². The van der Waals surface area contributed by atoms with Gasteiger partial charge in [-0.05, 0) is 55.7 Å². The minimum absolute atomic E-state index is 0.186. The highest BCUT2D eigenvalue weighted by atomic mass is 79.9. The average molecular weight is 495 g/mol. The lowest BCUT2D eigenvalue weighted by Crippen LogP contribution is -2.15. The highest BCUT2D eigenvalue weighted by Gasteiger charge is 2.21. The molecule has 0 aliphatic heterocycles. The lowest BCUT2D eigenvalue weighted by atomic mass is 10.1. The van der Waals surface area contributed by atoms with Crippen molar-refractivity contribution in [2.45, 2.75) is 33.9 Å². The third-order valence-electron chi connectivity index (χ3n) is 5.28. The first-order valence-corrected chi connectivity index (χ1v) is 10.9. The van der Waals surface area contributed by atoms with Crippen LogP contribution in [0.1, 0.15) is 38.5 Å². The molecular weight excluding hydrogens is 472 g/mol. The van der Waals surface area contributed by atoms with Crippen molar-refractivity contribution < 1.29 is 14.1 Å². The summed E-state index contributed by atoms with van der Waals surface area (Å²) >= 11 is 3.43. The third-order valence-corrected chi connectivity index (χ3v) is 5.80. The van der Waals surface area contributed by atoms with E-state index in [0.717, 1.165) is 26.9 Å². The maximum absolute atomic E-state index is 12.9. The van der Waals surface area contributed by atoms with Crippen LogP contribution in [0.25, 0.3) is 0 Å². The van der Waals surface area contributed by atoms with Crippen LogP contribution in [0.2, 0.25) is 0 Å². The van der Waals surface area contributed by atoms with Crippen LogP contribution in [-0.4, -0.2) is 20.8 Å². The summed E-state index contributed by atoms with van der Waals surface area (Å²) in [5.74, 6) is 0.946. The summed E-state index contributed by atoms with van der Waals surface area (Å²) in [5, 5.41) is 11.1. The molecule has 0 radical (unpaired) electrons. The fourth-order valence-corrected chi connectivity index (χ4v) is 3.52. The molecule has 2 aromatic heterocycles. The van der Waals surface area contributed by atoms with Gasteiger partial charge in [0.15, 0.2) is 5.69 Å². The lowest BCUT2D eigenvalue weighted by molar-refractivity contribution is 0.101. The topological polar surface area (TPSA) is 82.2 Å². The first kappa shape index (κ1) is 21.8. The molecule has 32 heavy (non-hydrogen) atoms. The summed E-state index contributed by atoms with van der Waals surface area (Å²) in [6.45, 7) is 6.58. The molecule has 2 aromatic carbocycles. The molecule has 164 valence electrons. The number of aryl methyl sites for hydroxylation is 2. The second-order valence-corrected chi connectivity index (χ2v) is 8.48. The van der Waals surface area contributed by atoms with Gasteiger partial charge in [-0.2, -0.15) is 5.10 Å². The number of carbonyl (C=O) groups excluding carboxylic acids is 1. The highest BCUT2D eigenvalue weighted by Crippen LogP contribution is 2.24. The molecule has 0 saturated heterocycles. The van der Waals surface area contributed by atoms with Crippen LogP contribution in [0.3, 0.4) is 0 Å². The largest absolute Gasteiger partial charge is 0.488 e. The van der Waals surface area contributed by atoms with Gasteiger partial charge in [0.1, 0.15) is 18.1 Å². The molecule has 0 aliphatic rings. The predicted octanol–water partition coefficient (Wildman–Crippen LogP) is 5.44. The van der Waals surface area contributed by atoms with Crippen LogP contribution >= 0.6 is 15.9 Å². The van der Waals surface area contributed by atoms with E-state index in [4.69, 9.17) is 9.26 Å². The van der Waals surface area contributed by atoms with Crippen LogP contribution in [0, 0.1) is 20.8 Å². The van der Waals surface area contributed by atoms with Crippen molar-refractivity contribution in [1.82, 2.24) is 14.9 Å². The molecule has 0 aliphatic carbocycles. The second kappa shape index (κ2) is 9.40. The number of nitrogens with one attached hydrogen (secondary N) is 1. The first-order valence-electron chi connectivity index (χ1n) is 10.1. The molecule has 0 spiro atoms. The summed E-state index contributed by atoms with van der Waals surface area (Å²) in [6.07, 6.45) is 3.38. The smallest absolute Gasteiger partial charge is 0.278 e. The molecule has 1 N–H and O–H groups in total. The molecule has 0 atom stereocenters. The Morgan fingerprint density at radius 1 is 1.16 bits per heavy atom. The lowest BCUT2D eigenvalue weighted by Gasteiger charge is -2.11. The monoisotopic (exact) mass is 494 g/mol. The molecule has 0 fully saturated rings. The van der Waals surface area contributed by atoms with Crippen molar-refractivity contribution in [3.05, 3.63) is 93.0 Å². The molecule has 2 heterocycles. The number of amides is 1. The zero-order valence-electron chi connectivity index (χ0n) is 18.1. The van der Waals surface area contributed by atoms with Gasteiger partial charge < -0.3 is 14.6 Å². The van der Waals surface area contributed by atoms with Gasteiger partial charge in [0, 0.05) is 10.7 Å². The maximum atomic E-state index is 12.9. The molecule has 8 heteroatoms. The van der Waals surface area contributed by atoms with E-state index in [-0.39, 0.29) is 18.2 Å². The number of hydrogen-bond donors (Lipinski definition) is 1. The predicted molar refractivity (Wildman–Crippen MR) is 125 cm³/mol. The Kier molecular flexibility index (Phi) is 6.41. The molecule has 0 unspecified atom stereocenters. The summed E-state index contributed by atoms with van der Waals surface area (Å²) in [7, 11) is 0. The summed E-state index contributed by atoms with van der Waals surface area (Å²) in [6, 6.07) is 13.9. The van der Waals surface area contributed by atoms with Gasteiger partial charge in [-0.3, -0.25) is 9.48 Å². The summed E-state index contributed by atoms with van der Waals surface area (Å²) < 4.78 is 14.0. The Morgan fingerprint density at radius 3 is 2.72 bits per heavy atom. The number of nitrogens with zero attached hydrogens (tertiary/aromatic N) is 3. The number of benzene rings is 2. The number of rotatable bonds is 7. The molecular formula is C24H23BrN4O3. The van der Waals surface area contributed by atoms with Crippen molar-refractivity contribution in [1.29, 1.82) is 0 Å². The van der Waals surface area contributed by atoms with E-state index in [1.54, 1.807) is 24.0 Å². The van der Waals surface area contributed by atoms with E-state index in [2.05, 4.69) is 31.5 Å². The molecule has 7 nitrogen and oxygen atoms in total. The van der Waals surface area contributed by atoms with Crippen LogP contribution in [0.15, 0.2) is 63.9 Å². The van der Waals surface area contributed by atoms with Crippen molar-refractivity contribution in [2.24, 2.45) is 0 Å². The van der Waals surface area contributed by atoms with Crippen LogP contribution in [0.4, 0.5) is 5.69 Å². The zero-order valence-corrected chi connectivity index (χ0v) is 19.6. The Hall–Kier alpha value is -3.39. The fourth-order valence-electron chi connectivity index (χ4n) is 3.25. The SMILES string of the molecule is Cc1cccc(OCc2c(C(=O)Nc3cnn(Cc4ccc(Br)cc4)c3)noc2C)c1C. The standard InChI is InChI=1S/C24H23BrN4O3/c1-15-5-4-6-22(16(15)2)31-14-21-17(3)32-28-23(21)24(30)27-20-11-26-29(13-20)12-18-7-9-19(25)10-8-18/h4-11,13H,12,14H2,1-3H3,(H,27,30). The molecule has 1 amide bonds. The summed E-state index contributed by atoms with van der Waals surface area (Å²) in [4.78, 5) is 12.9. The molecule has 0 saturated carbocycles. The maximum Gasteiger partial charge on any atom is 0.278 e. The second-order valence-electron chi connectivity index (χ2n) is 7.56. The van der Waals surface area contributed by atoms with E-state index >= 15 is 0 Å². The minimum Gasteiger partial charge on any atom is -0.488 e. The first-order chi connectivity index (χ1) is 15.4. The number of halogens is 1. The molecule has 0 bridgehead atoms. The van der Waals surface area contributed by atoms with Gasteiger partial charge in [-0.15, -0.1) is 0 Å². The van der Waals surface area contributed by atoms with Crippen LogP contribution in [0.5, 0.6) is 5.75 Å². The van der Waals surface area contributed by atoms with Gasteiger partial charge in [0.05, 0.1) is 24.0 Å². The van der Waals surface area contributed by atoms with E-state index in [1.165, 1.54) is 0 Å². The number of ether oxygens (including phenoxy) is 1. The highest BCUT2D eigenvalue weighted by molar-refractivity contribution is 9.10. The normalized spacial score (nSPS) is 10.9. The summed E-state index contributed by atoms with van der Waals surface area (Å²) in [5.41, 5.74) is 4.70. The number of hydrogen-bond acceptors (Lipinski definition) is 5. The van der Waals surface area contributed by atoms with Gasteiger partial charge in [-0.25, -0.2) is 0 Å². The molecule has 4 aromatic rings. The quantitative estimate of drug-likeness (QED) is 0.369. The van der Waals surface area contributed by atoms with Crippen molar-refractivity contribution in [2.75, 3.05) is 5.32 Å². The number of aromatic nitrogens is 3. The van der Waals surface area contributed by atoms with Crippen LogP contribution in [-0.2, 0) is 13.2 Å². The Balaban J connectivity index is 1.43. The average Bonchev–Trinajstić information content (AvgIpc) is 3.37. The Labute approximate surface area is 194 Å². The van der Waals surface area contributed by atoms with E-state index < -0.39 is 0 Å². The third kappa shape index (κ3) is 4.91. The number of carbonyl (C=O) groups is 1. The minimum atomic E-state index is -0.371. The van der Waals surface area contributed by atoms with Gasteiger partial charge in [-0.1, -0.05) is 45.4 Å². The molecule has 4 rings (SSSR count). The van der Waals surface area contributed by atoms with Gasteiger partial charge in [0.25, 0.3) is 5.91 Å². The zero-order chi connectivity index (χ0) is 22.7. The Bertz CT molecular complexity index is 1240. The van der Waals surface area contributed by atoms with Gasteiger partial charge >= 0.3 is 0 Å². The van der Waals surface area contributed by atoms with E-state index in [1.807, 2.05) is 56.3 Å². The van der Waals surface area contributed by atoms with Crippen LogP contribution < -0.4 is 10.1 Å². The van der Waals surface area contributed by atoms with Crippen molar-refractivity contribution in [3.8, 4) is 5.75 Å². The van der Waals surface area contributed by atoms with Crippen molar-refractivity contribution in [3.63, 3.8) is 0 Å². The van der Waals surface area contributed by atoms with Crippen molar-refractivity contribution >= 4 is 27.5 Å². The van der Waals surface area contributed by atoms with Gasteiger partial charge in [0.2, 0.25) is 0 Å². The van der Waals surface area contributed by atoms with E-state index in [9.17, 15) is 4.79 Å².